The van der Waals surface area contributed by atoms with Crippen molar-refractivity contribution >= 4 is 43.6 Å². The molecule has 0 bridgehead atoms. The number of nitriles is 1. The van der Waals surface area contributed by atoms with E-state index < -0.39 is 234 Å². The van der Waals surface area contributed by atoms with E-state index in [0.29, 0.717) is 36.4 Å². The summed E-state index contributed by atoms with van der Waals surface area (Å²) in [7, 11) is 0. The maximum Gasteiger partial charge on any atom is 0.417 e. The number of fused-ring (bicyclic) bond motifs is 6. The van der Waals surface area contributed by atoms with Crippen molar-refractivity contribution in [1.82, 2.24) is 9.13 Å². The molecule has 0 saturated carbocycles. The Hall–Kier alpha value is -10.8. The molecular formula is C71H29F30N3. The lowest BCUT2D eigenvalue weighted by atomic mass is 9.93. The summed E-state index contributed by atoms with van der Waals surface area (Å²) in [6.07, 6.45) is -55.5. The zero-order chi connectivity index (χ0) is 76.3. The summed E-state index contributed by atoms with van der Waals surface area (Å²) < 4.78 is 439. The second kappa shape index (κ2) is 24.1. The second-order valence-electron chi connectivity index (χ2n) is 23.4. The zero-order valence-electron chi connectivity index (χ0n) is 50.4. The van der Waals surface area contributed by atoms with E-state index in [1.54, 1.807) is 6.07 Å². The molecule has 0 spiro atoms. The Morgan fingerprint density at radius 3 is 0.654 bits per heavy atom. The number of benzene rings is 10. The van der Waals surface area contributed by atoms with Gasteiger partial charge in [-0.05, 0) is 171 Å². The van der Waals surface area contributed by atoms with E-state index in [1.165, 1.54) is 0 Å². The number of nitrogens with zero attached hydrogens (tertiary/aromatic N) is 3. The normalized spacial score (nSPS) is 13.5. The molecule has 12 rings (SSSR count). The van der Waals surface area contributed by atoms with E-state index >= 15 is 13.2 Å². The first kappa shape index (κ1) is 73.0. The predicted molar refractivity (Wildman–Crippen MR) is 317 cm³/mol. The summed E-state index contributed by atoms with van der Waals surface area (Å²) in [4.78, 5) is 0. The summed E-state index contributed by atoms with van der Waals surface area (Å²) in [5, 5.41) is 9.35. The topological polar surface area (TPSA) is 33.6 Å². The van der Waals surface area contributed by atoms with Crippen molar-refractivity contribution in [3.63, 3.8) is 0 Å². The van der Waals surface area contributed by atoms with Crippen LogP contribution in [0.1, 0.15) is 61.2 Å². The molecule has 104 heavy (non-hydrogen) atoms. The maximum atomic E-state index is 15.8. The van der Waals surface area contributed by atoms with Crippen molar-refractivity contribution in [2.75, 3.05) is 0 Å². The van der Waals surface area contributed by atoms with Crippen molar-refractivity contribution in [3.05, 3.63) is 237 Å². The van der Waals surface area contributed by atoms with Gasteiger partial charge in [0.05, 0.1) is 94.6 Å². The highest BCUT2D eigenvalue weighted by atomic mass is 19.4. The van der Waals surface area contributed by atoms with Crippen molar-refractivity contribution in [2.45, 2.75) is 61.8 Å². The monoisotopic (exact) mass is 1490 g/mol. The quantitative estimate of drug-likeness (QED) is 0.146. The third-order valence-corrected chi connectivity index (χ3v) is 17.0. The predicted octanol–water partition coefficient (Wildman–Crippen LogP) is 26.3. The Morgan fingerprint density at radius 1 is 0.212 bits per heavy atom. The van der Waals surface area contributed by atoms with E-state index in [4.69, 9.17) is 0 Å². The molecule has 0 aliphatic carbocycles. The molecule has 0 atom stereocenters. The fourth-order valence-electron chi connectivity index (χ4n) is 12.5. The molecule has 0 amide bonds. The molecule has 0 fully saturated rings. The number of alkyl halides is 30. The Bertz CT molecular complexity index is 5270. The van der Waals surface area contributed by atoms with Crippen LogP contribution in [0.3, 0.4) is 0 Å². The first-order valence-electron chi connectivity index (χ1n) is 29.0. The molecule has 0 aliphatic heterocycles. The van der Waals surface area contributed by atoms with Crippen LogP contribution in [0.25, 0.3) is 111 Å². The molecule has 538 valence electrons. The van der Waals surface area contributed by atoms with Gasteiger partial charge in [-0.1, -0.05) is 54.6 Å². The molecule has 0 radical (unpaired) electrons. The van der Waals surface area contributed by atoms with Crippen LogP contribution < -0.4 is 0 Å². The highest BCUT2D eigenvalue weighted by Crippen LogP contribution is 2.52. The van der Waals surface area contributed by atoms with E-state index in [2.05, 4.69) is 0 Å². The van der Waals surface area contributed by atoms with Crippen LogP contribution in [0.15, 0.2) is 176 Å². The van der Waals surface area contributed by atoms with Crippen molar-refractivity contribution in [1.29, 1.82) is 5.26 Å². The van der Waals surface area contributed by atoms with Crippen LogP contribution in [0.2, 0.25) is 0 Å². The molecule has 10 aromatic carbocycles. The average molecular weight is 1490 g/mol. The molecule has 2 heterocycles. The molecule has 0 N–H and O–H groups in total. The smallest absolute Gasteiger partial charge is 0.309 e. The lowest BCUT2D eigenvalue weighted by Crippen LogP contribution is -2.13. The van der Waals surface area contributed by atoms with E-state index in [9.17, 15) is 124 Å². The van der Waals surface area contributed by atoms with Gasteiger partial charge in [0.15, 0.2) is 0 Å². The highest BCUT2D eigenvalue weighted by Gasteiger charge is 2.45. The van der Waals surface area contributed by atoms with Crippen molar-refractivity contribution in [2.24, 2.45) is 0 Å². The first-order chi connectivity index (χ1) is 47.8. The molecule has 12 aromatic rings. The van der Waals surface area contributed by atoms with Gasteiger partial charge in [-0.3, -0.25) is 0 Å². The Kier molecular flexibility index (Phi) is 16.9. The van der Waals surface area contributed by atoms with Gasteiger partial charge in [-0.25, -0.2) is 0 Å². The second-order valence-corrected chi connectivity index (χ2v) is 23.4. The van der Waals surface area contributed by atoms with Gasteiger partial charge in [0.25, 0.3) is 0 Å². The molecule has 33 heteroatoms. The molecule has 2 aromatic heterocycles. The molecular weight excluding hydrogens is 1460 g/mol. The minimum Gasteiger partial charge on any atom is -0.309 e. The van der Waals surface area contributed by atoms with E-state index in [-0.39, 0.29) is 66.7 Å². The third kappa shape index (κ3) is 13.3. The van der Waals surface area contributed by atoms with E-state index in [0.717, 1.165) is 81.9 Å². The summed E-state index contributed by atoms with van der Waals surface area (Å²) in [5.74, 6) is 0. The van der Waals surface area contributed by atoms with Gasteiger partial charge in [0, 0.05) is 27.1 Å². The van der Waals surface area contributed by atoms with Crippen LogP contribution >= 0.6 is 0 Å². The Labute approximate surface area is 560 Å². The van der Waals surface area contributed by atoms with Crippen LogP contribution in [-0.2, 0) is 61.8 Å². The molecule has 3 nitrogen and oxygen atoms in total. The van der Waals surface area contributed by atoms with Gasteiger partial charge in [0.1, 0.15) is 6.07 Å². The van der Waals surface area contributed by atoms with Gasteiger partial charge in [-0.15, -0.1) is 0 Å². The fourth-order valence-corrected chi connectivity index (χ4v) is 12.5. The van der Waals surface area contributed by atoms with Gasteiger partial charge in [-0.2, -0.15) is 137 Å². The number of hydrogen-bond donors (Lipinski definition) is 0. The minimum absolute atomic E-state index is 0.123. The van der Waals surface area contributed by atoms with Crippen molar-refractivity contribution in [3.8, 4) is 73.1 Å². The number of hydrogen-bond acceptors (Lipinski definition) is 1. The molecule has 0 saturated heterocycles. The fraction of sp³-hybridized carbons (Fsp3) is 0.141. The van der Waals surface area contributed by atoms with Crippen LogP contribution in [-0.4, -0.2) is 9.13 Å². The maximum absolute atomic E-state index is 15.8. The molecule has 0 unspecified atom stereocenters. The summed E-state index contributed by atoms with van der Waals surface area (Å²) in [6, 6.07) is 14.3. The lowest BCUT2D eigenvalue weighted by molar-refractivity contribution is -0.144. The molecule has 0 aliphatic rings. The Morgan fingerprint density at radius 2 is 0.433 bits per heavy atom. The lowest BCUT2D eigenvalue weighted by Gasteiger charge is -2.22. The summed E-state index contributed by atoms with van der Waals surface area (Å²) >= 11 is 0. The largest absolute Gasteiger partial charge is 0.417 e. The van der Waals surface area contributed by atoms with Gasteiger partial charge >= 0.3 is 61.8 Å². The van der Waals surface area contributed by atoms with E-state index in [1.807, 2.05) is 0 Å². The summed E-state index contributed by atoms with van der Waals surface area (Å²) in [6.45, 7) is 0. The third-order valence-electron chi connectivity index (χ3n) is 17.0. The standard InChI is InChI=1S/C71H29F30N3/c72-62(73,74)36-5-10-41(51(24-36)67(87,88)89)31-1-15-56-46(19-31)47-20-32(42-11-6-37(63(75,76)77)25-52(42)68(90,91)92)2-16-57(47)103(56)60-29-50(45-14-9-40(66(84,85)86)28-55(45)71(99,100)101)61(23-35(60)30-102)104-58-17-3-33(43-12-7-38(64(78,79)80)26-53(43)69(93,94)95)21-48(58)49-22-34(4-18-59(49)104)44-13-8-39(65(81,82)83)27-54(44)70(96,97)98/h1-29H. The Balaban J connectivity index is 1.22. The van der Waals surface area contributed by atoms with Gasteiger partial charge < -0.3 is 9.13 Å². The van der Waals surface area contributed by atoms with Crippen LogP contribution in [0.5, 0.6) is 0 Å². The van der Waals surface area contributed by atoms with Crippen LogP contribution in [0.4, 0.5) is 132 Å². The minimum atomic E-state index is -5.89. The highest BCUT2D eigenvalue weighted by molar-refractivity contribution is 6.14. The number of aromatic nitrogens is 2. The van der Waals surface area contributed by atoms with Gasteiger partial charge in [0.2, 0.25) is 0 Å². The zero-order valence-corrected chi connectivity index (χ0v) is 50.4. The first-order valence-corrected chi connectivity index (χ1v) is 29.0. The number of halogens is 30. The average Bonchev–Trinajstić information content (AvgIpc) is 1.55. The van der Waals surface area contributed by atoms with Crippen molar-refractivity contribution < 1.29 is 132 Å². The van der Waals surface area contributed by atoms with Crippen LogP contribution in [0, 0.1) is 11.3 Å². The number of rotatable bonds is 7. The summed E-state index contributed by atoms with van der Waals surface area (Å²) in [5.41, 5.74) is -32.4. The SMILES string of the molecule is N#Cc1cc(-n2c3ccc(-c4ccc(C(F)(F)F)cc4C(F)(F)F)cc3c3cc(-c4ccc(C(F)(F)F)cc4C(F)(F)F)ccc32)c(-c2ccc(C(F)(F)F)cc2C(F)(F)F)cc1-n1c2ccc(-c3ccc(C(F)(F)F)cc3C(F)(F)F)cc2c2cc(-c3ccc(C(F)(F)F)cc3C(F)(F)F)ccc21.